The maximum absolute atomic E-state index is 5.27. The molecule has 1 N–H and O–H groups in total. The normalized spacial score (nSPS) is 12.9. The molecule has 0 aliphatic rings. The molecule has 20 heavy (non-hydrogen) atoms. The lowest BCUT2D eigenvalue weighted by Gasteiger charge is -2.17. The van der Waals surface area contributed by atoms with Gasteiger partial charge in [-0.3, -0.25) is 0 Å². The topological polar surface area (TPSA) is 39.1 Å². The van der Waals surface area contributed by atoms with Crippen LogP contribution in [0, 0.1) is 0 Å². The van der Waals surface area contributed by atoms with Crippen molar-refractivity contribution in [3.05, 3.63) is 30.1 Å². The van der Waals surface area contributed by atoms with E-state index >= 15 is 0 Å². The quantitative estimate of drug-likeness (QED) is 0.805. The van der Waals surface area contributed by atoms with Gasteiger partial charge in [-0.2, -0.15) is 0 Å². The predicted molar refractivity (Wildman–Crippen MR) is 82.8 cm³/mol. The molecule has 1 aromatic heterocycles. The molecular formula is C16H25N3O. The number of nitrogens with zero attached hydrogens (tertiary/aromatic N) is 2. The largest absolute Gasteiger partial charge is 0.383 e. The molecule has 0 bridgehead atoms. The molecule has 2 aromatic rings. The Kier molecular flexibility index (Phi) is 5.56. The molecule has 4 heteroatoms. The van der Waals surface area contributed by atoms with Crippen LogP contribution >= 0.6 is 0 Å². The van der Waals surface area contributed by atoms with Gasteiger partial charge in [0.2, 0.25) is 0 Å². The summed E-state index contributed by atoms with van der Waals surface area (Å²) in [5.74, 6) is 1.10. The van der Waals surface area contributed by atoms with Crippen molar-refractivity contribution in [3.8, 4) is 0 Å². The first kappa shape index (κ1) is 15.0. The number of fused-ring (bicyclic) bond motifs is 1. The third-order valence-electron chi connectivity index (χ3n) is 3.60. The zero-order valence-corrected chi connectivity index (χ0v) is 12.7. The first-order valence-electron chi connectivity index (χ1n) is 7.46. The number of nitrogens with one attached hydrogen (secondary N) is 1. The van der Waals surface area contributed by atoms with E-state index in [4.69, 9.17) is 9.72 Å². The van der Waals surface area contributed by atoms with Crippen molar-refractivity contribution in [2.24, 2.45) is 0 Å². The summed E-state index contributed by atoms with van der Waals surface area (Å²) in [6, 6.07) is 8.71. The number of hydrogen-bond donors (Lipinski definition) is 1. The smallest absolute Gasteiger partial charge is 0.123 e. The lowest BCUT2D eigenvalue weighted by Crippen LogP contribution is -2.33. The van der Waals surface area contributed by atoms with Crippen molar-refractivity contribution < 1.29 is 4.74 Å². The Morgan fingerprint density at radius 2 is 2.10 bits per heavy atom. The zero-order valence-electron chi connectivity index (χ0n) is 12.7. The summed E-state index contributed by atoms with van der Waals surface area (Å²) in [6.07, 6.45) is 2.28. The number of rotatable bonds is 8. The number of hydrogen-bond acceptors (Lipinski definition) is 3. The fourth-order valence-corrected chi connectivity index (χ4v) is 2.64. The third kappa shape index (κ3) is 3.38. The minimum atomic E-state index is 0.398. The summed E-state index contributed by atoms with van der Waals surface area (Å²) in [5, 5.41) is 3.57. The van der Waals surface area contributed by atoms with Crippen LogP contribution in [0.15, 0.2) is 24.3 Å². The zero-order chi connectivity index (χ0) is 14.4. The second-order valence-corrected chi connectivity index (χ2v) is 5.08. The van der Waals surface area contributed by atoms with Crippen LogP contribution in [0.5, 0.6) is 0 Å². The van der Waals surface area contributed by atoms with Crippen molar-refractivity contribution in [1.82, 2.24) is 14.9 Å². The molecule has 2 rings (SSSR count). The van der Waals surface area contributed by atoms with Gasteiger partial charge in [-0.1, -0.05) is 25.5 Å². The first-order valence-corrected chi connectivity index (χ1v) is 7.46. The molecule has 1 aromatic carbocycles. The van der Waals surface area contributed by atoms with E-state index in [-0.39, 0.29) is 0 Å². The van der Waals surface area contributed by atoms with E-state index < -0.39 is 0 Å². The Balaban J connectivity index is 2.12. The van der Waals surface area contributed by atoms with Crippen LogP contribution in [0.1, 0.15) is 32.5 Å². The SMILES string of the molecule is CCCC(COC)NCc1nc2ccccc2n1CC. The highest BCUT2D eigenvalue weighted by atomic mass is 16.5. The Morgan fingerprint density at radius 3 is 2.80 bits per heavy atom. The number of imidazole rings is 1. The van der Waals surface area contributed by atoms with Crippen LogP contribution in [0.4, 0.5) is 0 Å². The minimum Gasteiger partial charge on any atom is -0.383 e. The molecule has 0 aliphatic carbocycles. The molecule has 0 aliphatic heterocycles. The van der Waals surface area contributed by atoms with Gasteiger partial charge in [-0.15, -0.1) is 0 Å². The summed E-state index contributed by atoms with van der Waals surface area (Å²) >= 11 is 0. The standard InChI is InChI=1S/C16H25N3O/c1-4-8-13(12-20-3)17-11-16-18-14-9-6-7-10-15(14)19(16)5-2/h6-7,9-10,13,17H,4-5,8,11-12H2,1-3H3. The molecular weight excluding hydrogens is 250 g/mol. The molecule has 0 saturated carbocycles. The van der Waals surface area contributed by atoms with Crippen molar-refractivity contribution >= 4 is 11.0 Å². The highest BCUT2D eigenvalue weighted by Gasteiger charge is 2.11. The van der Waals surface area contributed by atoms with Gasteiger partial charge >= 0.3 is 0 Å². The van der Waals surface area contributed by atoms with Gasteiger partial charge in [-0.25, -0.2) is 4.98 Å². The van der Waals surface area contributed by atoms with Crippen molar-refractivity contribution in [2.75, 3.05) is 13.7 Å². The van der Waals surface area contributed by atoms with Crippen LogP contribution in [-0.2, 0) is 17.8 Å². The molecule has 1 heterocycles. The molecule has 0 spiro atoms. The van der Waals surface area contributed by atoms with E-state index in [9.17, 15) is 0 Å². The van der Waals surface area contributed by atoms with Gasteiger partial charge < -0.3 is 14.6 Å². The second kappa shape index (κ2) is 7.41. The van der Waals surface area contributed by atoms with Crippen LogP contribution in [0.2, 0.25) is 0 Å². The maximum Gasteiger partial charge on any atom is 0.123 e. The molecule has 4 nitrogen and oxygen atoms in total. The third-order valence-corrected chi connectivity index (χ3v) is 3.60. The van der Waals surface area contributed by atoms with E-state index in [2.05, 4.69) is 41.9 Å². The van der Waals surface area contributed by atoms with Crippen molar-refractivity contribution in [3.63, 3.8) is 0 Å². The van der Waals surface area contributed by atoms with Gasteiger partial charge in [0.05, 0.1) is 24.2 Å². The Morgan fingerprint density at radius 1 is 1.30 bits per heavy atom. The Bertz CT molecular complexity index is 530. The van der Waals surface area contributed by atoms with E-state index in [0.29, 0.717) is 6.04 Å². The van der Waals surface area contributed by atoms with Gasteiger partial charge in [-0.05, 0) is 25.5 Å². The average Bonchev–Trinajstić information content (AvgIpc) is 2.82. The summed E-state index contributed by atoms with van der Waals surface area (Å²) in [5.41, 5.74) is 2.29. The number of methoxy groups -OCH3 is 1. The van der Waals surface area contributed by atoms with Crippen LogP contribution in [0.25, 0.3) is 11.0 Å². The summed E-state index contributed by atoms with van der Waals surface area (Å²) < 4.78 is 7.55. The van der Waals surface area contributed by atoms with Gasteiger partial charge in [0.1, 0.15) is 5.82 Å². The minimum absolute atomic E-state index is 0.398. The van der Waals surface area contributed by atoms with E-state index in [1.165, 1.54) is 5.52 Å². The number of benzene rings is 1. The van der Waals surface area contributed by atoms with Crippen LogP contribution < -0.4 is 5.32 Å². The van der Waals surface area contributed by atoms with E-state index in [1.54, 1.807) is 7.11 Å². The highest BCUT2D eigenvalue weighted by Crippen LogP contribution is 2.16. The Labute approximate surface area is 121 Å². The average molecular weight is 275 g/mol. The van der Waals surface area contributed by atoms with Crippen LogP contribution in [-0.4, -0.2) is 29.3 Å². The molecule has 0 radical (unpaired) electrons. The van der Waals surface area contributed by atoms with Gasteiger partial charge in [0, 0.05) is 19.7 Å². The lowest BCUT2D eigenvalue weighted by atomic mass is 10.2. The van der Waals surface area contributed by atoms with Gasteiger partial charge in [0.15, 0.2) is 0 Å². The highest BCUT2D eigenvalue weighted by molar-refractivity contribution is 5.75. The maximum atomic E-state index is 5.27. The van der Waals surface area contributed by atoms with E-state index in [0.717, 1.165) is 43.9 Å². The van der Waals surface area contributed by atoms with E-state index in [1.807, 2.05) is 6.07 Å². The molecule has 0 fully saturated rings. The lowest BCUT2D eigenvalue weighted by molar-refractivity contribution is 0.161. The molecule has 0 amide bonds. The monoisotopic (exact) mass is 275 g/mol. The number of aromatic nitrogens is 2. The Hall–Kier alpha value is -1.39. The second-order valence-electron chi connectivity index (χ2n) is 5.08. The molecule has 110 valence electrons. The summed E-state index contributed by atoms with van der Waals surface area (Å²) in [6.45, 7) is 6.85. The molecule has 0 saturated heterocycles. The van der Waals surface area contributed by atoms with Crippen LogP contribution in [0.3, 0.4) is 0 Å². The number of ether oxygens (including phenoxy) is 1. The van der Waals surface area contributed by atoms with Crippen molar-refractivity contribution in [1.29, 1.82) is 0 Å². The number of para-hydroxylation sites is 2. The number of aryl methyl sites for hydroxylation is 1. The molecule has 1 atom stereocenters. The first-order chi connectivity index (χ1) is 9.80. The molecule has 1 unspecified atom stereocenters. The van der Waals surface area contributed by atoms with Crippen molar-refractivity contribution in [2.45, 2.75) is 45.8 Å². The fraction of sp³-hybridized carbons (Fsp3) is 0.562. The predicted octanol–water partition coefficient (Wildman–Crippen LogP) is 2.96. The summed E-state index contributed by atoms with van der Waals surface area (Å²) in [7, 11) is 1.76. The summed E-state index contributed by atoms with van der Waals surface area (Å²) in [4.78, 5) is 4.74. The fourth-order valence-electron chi connectivity index (χ4n) is 2.64. The van der Waals surface area contributed by atoms with Gasteiger partial charge in [0.25, 0.3) is 0 Å².